The summed E-state index contributed by atoms with van der Waals surface area (Å²) < 4.78 is 16.6. The zero-order valence-electron chi connectivity index (χ0n) is 10.8. The minimum atomic E-state index is -0.266. The Morgan fingerprint density at radius 1 is 1.32 bits per heavy atom. The summed E-state index contributed by atoms with van der Waals surface area (Å²) in [4.78, 5) is 0. The van der Waals surface area contributed by atoms with Crippen molar-refractivity contribution in [1.29, 1.82) is 0 Å². The maximum Gasteiger partial charge on any atom is 0.129 e. The molecule has 1 aliphatic rings. The largest absolute Gasteiger partial charge is 0.488 e. The molecule has 4 nitrogen and oxygen atoms in total. The van der Waals surface area contributed by atoms with Crippen LogP contribution in [0.3, 0.4) is 0 Å². The zero-order chi connectivity index (χ0) is 13.2. The van der Waals surface area contributed by atoms with Crippen LogP contribution in [0, 0.1) is 0 Å². The van der Waals surface area contributed by atoms with Crippen LogP contribution in [0.5, 0.6) is 5.75 Å². The van der Waals surface area contributed by atoms with Gasteiger partial charge in [-0.3, -0.25) is 0 Å². The molecule has 4 heteroatoms. The van der Waals surface area contributed by atoms with E-state index in [1.165, 1.54) is 5.56 Å². The number of hydrogen-bond acceptors (Lipinski definition) is 4. The fraction of sp³-hybridized carbons (Fsp3) is 0.333. The van der Waals surface area contributed by atoms with Gasteiger partial charge in [0.1, 0.15) is 36.0 Å². The molecule has 2 atom stereocenters. The molecule has 0 radical (unpaired) electrons. The van der Waals surface area contributed by atoms with Gasteiger partial charge in [-0.25, -0.2) is 0 Å². The van der Waals surface area contributed by atoms with Crippen LogP contribution in [0.2, 0.25) is 0 Å². The van der Waals surface area contributed by atoms with Gasteiger partial charge in [-0.15, -0.1) is 0 Å². The topological polar surface area (TPSA) is 57.6 Å². The molecule has 0 spiro atoms. The number of para-hydroxylation sites is 1. The van der Waals surface area contributed by atoms with Crippen molar-refractivity contribution in [2.24, 2.45) is 5.73 Å². The maximum absolute atomic E-state index is 6.23. The molecule has 1 aromatic carbocycles. The first-order chi connectivity index (χ1) is 9.28. The second-order valence-electron chi connectivity index (χ2n) is 4.73. The first-order valence-electron chi connectivity index (χ1n) is 6.35. The van der Waals surface area contributed by atoms with Crippen molar-refractivity contribution in [3.63, 3.8) is 0 Å². The fourth-order valence-corrected chi connectivity index (χ4v) is 2.39. The Balaban J connectivity index is 1.73. The molecule has 0 fully saturated rings. The highest BCUT2D eigenvalue weighted by molar-refractivity contribution is 5.38. The number of fused-ring (bicyclic) bond motifs is 1. The number of hydrogen-bond donors (Lipinski definition) is 1. The van der Waals surface area contributed by atoms with E-state index in [0.29, 0.717) is 6.61 Å². The van der Waals surface area contributed by atoms with Crippen LogP contribution in [-0.4, -0.2) is 13.2 Å². The highest BCUT2D eigenvalue weighted by Crippen LogP contribution is 2.33. The lowest BCUT2D eigenvalue weighted by molar-refractivity contribution is 0.154. The van der Waals surface area contributed by atoms with Gasteiger partial charge in [0.2, 0.25) is 0 Å². The van der Waals surface area contributed by atoms with Crippen molar-refractivity contribution in [3.05, 3.63) is 53.5 Å². The Kier molecular flexibility index (Phi) is 3.27. The lowest BCUT2D eigenvalue weighted by Crippen LogP contribution is -2.29. The van der Waals surface area contributed by atoms with E-state index in [2.05, 4.69) is 6.07 Å². The minimum Gasteiger partial charge on any atom is -0.488 e. The Morgan fingerprint density at radius 3 is 2.95 bits per heavy atom. The van der Waals surface area contributed by atoms with Crippen molar-refractivity contribution in [2.45, 2.75) is 25.2 Å². The smallest absolute Gasteiger partial charge is 0.129 e. The third-order valence-electron chi connectivity index (χ3n) is 3.37. The highest BCUT2D eigenvalue weighted by atomic mass is 16.5. The third kappa shape index (κ3) is 2.37. The molecule has 2 N–H and O–H groups in total. The first-order valence-corrected chi connectivity index (χ1v) is 6.35. The van der Waals surface area contributed by atoms with Crippen molar-refractivity contribution in [1.82, 2.24) is 0 Å². The van der Waals surface area contributed by atoms with Gasteiger partial charge in [-0.1, -0.05) is 18.2 Å². The van der Waals surface area contributed by atoms with E-state index in [4.69, 9.17) is 19.6 Å². The number of benzene rings is 1. The van der Waals surface area contributed by atoms with Crippen molar-refractivity contribution in [2.75, 3.05) is 7.11 Å². The van der Waals surface area contributed by atoms with Crippen LogP contribution in [0.15, 0.2) is 40.8 Å². The van der Waals surface area contributed by atoms with Crippen molar-refractivity contribution < 1.29 is 13.9 Å². The van der Waals surface area contributed by atoms with E-state index < -0.39 is 0 Å². The lowest BCUT2D eigenvalue weighted by atomic mass is 10.0. The van der Waals surface area contributed by atoms with Gasteiger partial charge in [0.25, 0.3) is 0 Å². The summed E-state index contributed by atoms with van der Waals surface area (Å²) in [5.74, 6) is 2.44. The van der Waals surface area contributed by atoms with Crippen LogP contribution < -0.4 is 10.5 Å². The first kappa shape index (κ1) is 12.3. The number of ether oxygens (including phenoxy) is 2. The molecule has 3 rings (SSSR count). The normalized spacial score (nSPS) is 18.9. The number of methoxy groups -OCH3 is 1. The van der Waals surface area contributed by atoms with Gasteiger partial charge in [0.05, 0.1) is 0 Å². The van der Waals surface area contributed by atoms with Crippen LogP contribution >= 0.6 is 0 Å². The van der Waals surface area contributed by atoms with Gasteiger partial charge < -0.3 is 19.6 Å². The number of furan rings is 1. The minimum absolute atomic E-state index is 0.0704. The van der Waals surface area contributed by atoms with Crippen LogP contribution in [0.1, 0.15) is 23.1 Å². The van der Waals surface area contributed by atoms with Gasteiger partial charge in [-0.2, -0.15) is 0 Å². The predicted octanol–water partition coefficient (Wildman–Crippen LogP) is 2.43. The molecule has 0 amide bonds. The molecule has 100 valence electrons. The Bertz CT molecular complexity index is 539. The van der Waals surface area contributed by atoms with Crippen LogP contribution in [0.4, 0.5) is 0 Å². The summed E-state index contributed by atoms with van der Waals surface area (Å²) in [6, 6.07) is 11.5. The molecule has 19 heavy (non-hydrogen) atoms. The Morgan fingerprint density at radius 2 is 2.16 bits per heavy atom. The standard InChI is InChI=1S/C15H17NO3/c1-17-9-11-6-7-13(18-11)15(16)14-8-10-4-2-3-5-12(10)19-14/h2-7,14-15H,8-9,16H2,1H3. The average Bonchev–Trinajstić information content (AvgIpc) is 3.04. The molecule has 2 aromatic rings. The average molecular weight is 259 g/mol. The molecule has 0 aliphatic carbocycles. The van der Waals surface area contributed by atoms with E-state index in [1.54, 1.807) is 7.11 Å². The summed E-state index contributed by atoms with van der Waals surface area (Å²) in [5.41, 5.74) is 7.43. The molecular weight excluding hydrogens is 242 g/mol. The summed E-state index contributed by atoms with van der Waals surface area (Å²) in [7, 11) is 1.64. The van der Waals surface area contributed by atoms with E-state index >= 15 is 0 Å². The quantitative estimate of drug-likeness (QED) is 0.916. The maximum atomic E-state index is 6.23. The second-order valence-corrected chi connectivity index (χ2v) is 4.73. The van der Waals surface area contributed by atoms with Gasteiger partial charge in [0, 0.05) is 13.5 Å². The Labute approximate surface area is 112 Å². The molecule has 0 saturated heterocycles. The van der Waals surface area contributed by atoms with E-state index in [-0.39, 0.29) is 12.1 Å². The summed E-state index contributed by atoms with van der Waals surface area (Å²) >= 11 is 0. The Hall–Kier alpha value is -1.78. The van der Waals surface area contributed by atoms with E-state index in [1.807, 2.05) is 30.3 Å². The highest BCUT2D eigenvalue weighted by Gasteiger charge is 2.30. The van der Waals surface area contributed by atoms with E-state index in [0.717, 1.165) is 23.7 Å². The summed E-state index contributed by atoms with van der Waals surface area (Å²) in [6.45, 7) is 0.457. The second kappa shape index (κ2) is 5.07. The fourth-order valence-electron chi connectivity index (χ4n) is 2.39. The van der Waals surface area contributed by atoms with Gasteiger partial charge in [-0.05, 0) is 23.8 Å². The summed E-state index contributed by atoms with van der Waals surface area (Å²) in [6.07, 6.45) is 0.747. The predicted molar refractivity (Wildman–Crippen MR) is 70.9 cm³/mol. The number of nitrogens with two attached hydrogens (primary N) is 1. The third-order valence-corrected chi connectivity index (χ3v) is 3.37. The SMILES string of the molecule is COCc1ccc(C(N)C2Cc3ccccc3O2)o1. The lowest BCUT2D eigenvalue weighted by Gasteiger charge is -2.16. The molecule has 1 aliphatic heterocycles. The molecular formula is C15H17NO3. The van der Waals surface area contributed by atoms with Crippen LogP contribution in [0.25, 0.3) is 0 Å². The zero-order valence-corrected chi connectivity index (χ0v) is 10.8. The molecule has 2 unspecified atom stereocenters. The van der Waals surface area contributed by atoms with E-state index in [9.17, 15) is 0 Å². The van der Waals surface area contributed by atoms with Gasteiger partial charge >= 0.3 is 0 Å². The monoisotopic (exact) mass is 259 g/mol. The molecule has 2 heterocycles. The number of rotatable bonds is 4. The molecule has 1 aromatic heterocycles. The molecule has 0 saturated carbocycles. The van der Waals surface area contributed by atoms with Crippen molar-refractivity contribution >= 4 is 0 Å². The van der Waals surface area contributed by atoms with Crippen LogP contribution in [-0.2, 0) is 17.8 Å². The van der Waals surface area contributed by atoms with Gasteiger partial charge in [0.15, 0.2) is 0 Å². The summed E-state index contributed by atoms with van der Waals surface area (Å²) in [5, 5.41) is 0. The van der Waals surface area contributed by atoms with Crippen molar-refractivity contribution in [3.8, 4) is 5.75 Å². The molecule has 0 bridgehead atoms.